The van der Waals surface area contributed by atoms with E-state index in [2.05, 4.69) is 42.4 Å². The second-order valence-corrected chi connectivity index (χ2v) is 7.95. The van der Waals surface area contributed by atoms with Crippen molar-refractivity contribution >= 4 is 44.0 Å². The number of aryl methyl sites for hydroxylation is 2. The lowest BCUT2D eigenvalue weighted by Gasteiger charge is -2.11. The van der Waals surface area contributed by atoms with Crippen molar-refractivity contribution in [2.75, 3.05) is 6.61 Å². The fraction of sp³-hybridized carbons (Fsp3) is 0.143. The minimum Gasteiger partial charge on any atom is -0.482 e. The highest BCUT2D eigenvalue weighted by atomic mass is 79.9. The Balaban J connectivity index is 1.54. The van der Waals surface area contributed by atoms with Gasteiger partial charge in [-0.25, -0.2) is 5.43 Å². The number of furan rings is 1. The van der Waals surface area contributed by atoms with Gasteiger partial charge in [0.2, 0.25) is 0 Å². The van der Waals surface area contributed by atoms with Crippen LogP contribution in [0.5, 0.6) is 5.75 Å². The van der Waals surface area contributed by atoms with Gasteiger partial charge in [-0.15, -0.1) is 0 Å². The molecule has 0 fully saturated rings. The van der Waals surface area contributed by atoms with Gasteiger partial charge in [0.1, 0.15) is 17.3 Å². The van der Waals surface area contributed by atoms with Gasteiger partial charge in [-0.3, -0.25) is 4.79 Å². The Morgan fingerprint density at radius 3 is 2.61 bits per heavy atom. The summed E-state index contributed by atoms with van der Waals surface area (Å²) in [6.07, 6.45) is 1.45. The van der Waals surface area contributed by atoms with Gasteiger partial charge in [-0.1, -0.05) is 34.1 Å². The molecule has 1 heterocycles. The van der Waals surface area contributed by atoms with Crippen molar-refractivity contribution in [1.82, 2.24) is 5.43 Å². The fourth-order valence-corrected chi connectivity index (χ4v) is 3.67. The molecule has 2 aromatic carbocycles. The molecule has 0 bridgehead atoms. The zero-order valence-electron chi connectivity index (χ0n) is 15.3. The highest BCUT2D eigenvalue weighted by Gasteiger charge is 2.09. The Labute approximate surface area is 180 Å². The molecule has 5 nitrogen and oxygen atoms in total. The number of hydrogen-bond acceptors (Lipinski definition) is 4. The molecule has 1 N–H and O–H groups in total. The van der Waals surface area contributed by atoms with Crippen LogP contribution in [0.2, 0.25) is 0 Å². The first kappa shape index (κ1) is 20.4. The third-order valence-corrected chi connectivity index (χ3v) is 4.98. The van der Waals surface area contributed by atoms with Crippen LogP contribution >= 0.6 is 31.9 Å². The summed E-state index contributed by atoms with van der Waals surface area (Å²) in [5, 5.41) is 3.92. The average Bonchev–Trinajstić information content (AvgIpc) is 3.10. The van der Waals surface area contributed by atoms with E-state index in [0.717, 1.165) is 31.4 Å². The van der Waals surface area contributed by atoms with Gasteiger partial charge < -0.3 is 9.15 Å². The molecule has 0 saturated carbocycles. The van der Waals surface area contributed by atoms with Gasteiger partial charge in [-0.2, -0.15) is 5.10 Å². The SMILES string of the molecule is Cc1cc(C)c(OCC(=O)NN=Cc2ccc(-c3ccc(Br)cc3)o2)c(Br)c1. The average molecular weight is 506 g/mol. The second kappa shape index (κ2) is 9.21. The molecule has 0 radical (unpaired) electrons. The van der Waals surface area contributed by atoms with Crippen LogP contribution in [-0.2, 0) is 4.79 Å². The van der Waals surface area contributed by atoms with Gasteiger partial charge >= 0.3 is 0 Å². The summed E-state index contributed by atoms with van der Waals surface area (Å²) in [5.74, 6) is 1.55. The summed E-state index contributed by atoms with van der Waals surface area (Å²) in [7, 11) is 0. The molecule has 28 heavy (non-hydrogen) atoms. The van der Waals surface area contributed by atoms with E-state index in [-0.39, 0.29) is 12.5 Å². The van der Waals surface area contributed by atoms with E-state index in [1.165, 1.54) is 6.21 Å². The first-order chi connectivity index (χ1) is 13.4. The molecular weight excluding hydrogens is 488 g/mol. The number of nitrogens with zero attached hydrogens (tertiary/aromatic N) is 1. The highest BCUT2D eigenvalue weighted by molar-refractivity contribution is 9.10. The van der Waals surface area contributed by atoms with E-state index in [1.807, 2.05) is 56.3 Å². The number of benzene rings is 2. The Morgan fingerprint density at radius 1 is 1.14 bits per heavy atom. The summed E-state index contributed by atoms with van der Waals surface area (Å²) in [4.78, 5) is 12.0. The molecule has 0 aliphatic carbocycles. The quantitative estimate of drug-likeness (QED) is 0.349. The van der Waals surface area contributed by atoms with Gasteiger partial charge in [0.25, 0.3) is 5.91 Å². The van der Waals surface area contributed by atoms with Crippen molar-refractivity contribution in [2.24, 2.45) is 5.10 Å². The van der Waals surface area contributed by atoms with Crippen LogP contribution < -0.4 is 10.2 Å². The van der Waals surface area contributed by atoms with Gasteiger partial charge in [-0.05, 0) is 71.2 Å². The molecule has 144 valence electrons. The van der Waals surface area contributed by atoms with Crippen molar-refractivity contribution in [3.63, 3.8) is 0 Å². The smallest absolute Gasteiger partial charge is 0.277 e. The maximum Gasteiger partial charge on any atom is 0.277 e. The fourth-order valence-electron chi connectivity index (χ4n) is 2.61. The number of hydrazone groups is 1. The monoisotopic (exact) mass is 504 g/mol. The van der Waals surface area contributed by atoms with Crippen LogP contribution in [0.4, 0.5) is 0 Å². The molecule has 1 amide bonds. The summed E-state index contributed by atoms with van der Waals surface area (Å²) >= 11 is 6.86. The van der Waals surface area contributed by atoms with Crippen LogP contribution in [0.25, 0.3) is 11.3 Å². The van der Waals surface area contributed by atoms with E-state index in [1.54, 1.807) is 6.07 Å². The van der Waals surface area contributed by atoms with E-state index in [9.17, 15) is 4.79 Å². The van der Waals surface area contributed by atoms with E-state index >= 15 is 0 Å². The predicted octanol–water partition coefficient (Wildman–Crippen LogP) is 5.62. The number of nitrogens with one attached hydrogen (secondary N) is 1. The standard InChI is InChI=1S/C21H18Br2N2O3/c1-13-9-14(2)21(18(23)10-13)27-12-20(26)25-24-11-17-7-8-19(28-17)15-3-5-16(22)6-4-15/h3-11H,12H2,1-2H3,(H,25,26). The molecule has 0 unspecified atom stereocenters. The van der Waals surface area contributed by atoms with Gasteiger partial charge in [0, 0.05) is 10.0 Å². The number of amides is 1. The first-order valence-electron chi connectivity index (χ1n) is 8.49. The maximum atomic E-state index is 12.0. The van der Waals surface area contributed by atoms with Crippen molar-refractivity contribution in [3.8, 4) is 17.1 Å². The third kappa shape index (κ3) is 5.33. The van der Waals surface area contributed by atoms with E-state index < -0.39 is 0 Å². The highest BCUT2D eigenvalue weighted by Crippen LogP contribution is 2.30. The third-order valence-electron chi connectivity index (χ3n) is 3.86. The minimum atomic E-state index is -0.359. The summed E-state index contributed by atoms with van der Waals surface area (Å²) in [6, 6.07) is 15.4. The number of carbonyl (C=O) groups is 1. The number of halogens is 2. The Kier molecular flexibility index (Phi) is 6.70. The topological polar surface area (TPSA) is 63.8 Å². The molecule has 0 saturated heterocycles. The first-order valence-corrected chi connectivity index (χ1v) is 10.1. The minimum absolute atomic E-state index is 0.137. The van der Waals surface area contributed by atoms with E-state index in [0.29, 0.717) is 11.5 Å². The number of rotatable bonds is 6. The van der Waals surface area contributed by atoms with Crippen molar-refractivity contribution in [3.05, 3.63) is 74.4 Å². The normalized spacial score (nSPS) is 11.0. The van der Waals surface area contributed by atoms with Crippen LogP contribution in [-0.4, -0.2) is 18.7 Å². The predicted molar refractivity (Wildman–Crippen MR) is 117 cm³/mol. The van der Waals surface area contributed by atoms with Crippen LogP contribution in [0.1, 0.15) is 16.9 Å². The van der Waals surface area contributed by atoms with Crippen LogP contribution in [0.3, 0.4) is 0 Å². The summed E-state index contributed by atoms with van der Waals surface area (Å²) in [6.45, 7) is 3.80. The van der Waals surface area contributed by atoms with Crippen molar-refractivity contribution in [1.29, 1.82) is 0 Å². The lowest BCUT2D eigenvalue weighted by atomic mass is 10.1. The maximum absolute atomic E-state index is 12.0. The Hall–Kier alpha value is -2.38. The molecule has 7 heteroatoms. The van der Waals surface area contributed by atoms with Crippen LogP contribution in [0.15, 0.2) is 67.0 Å². The lowest BCUT2D eigenvalue weighted by Crippen LogP contribution is -2.24. The van der Waals surface area contributed by atoms with Crippen molar-refractivity contribution in [2.45, 2.75) is 13.8 Å². The zero-order valence-corrected chi connectivity index (χ0v) is 18.5. The Morgan fingerprint density at radius 2 is 1.89 bits per heavy atom. The molecule has 0 spiro atoms. The summed E-state index contributed by atoms with van der Waals surface area (Å²) in [5.41, 5.74) is 5.46. The molecular formula is C21H18Br2N2O3. The van der Waals surface area contributed by atoms with Gasteiger partial charge in [0.15, 0.2) is 6.61 Å². The molecule has 0 atom stereocenters. The second-order valence-electron chi connectivity index (χ2n) is 6.18. The Bertz CT molecular complexity index is 988. The van der Waals surface area contributed by atoms with Crippen LogP contribution in [0, 0.1) is 13.8 Å². The molecule has 3 aromatic rings. The van der Waals surface area contributed by atoms with Crippen molar-refractivity contribution < 1.29 is 13.9 Å². The number of carbonyl (C=O) groups excluding carboxylic acids is 1. The molecule has 0 aliphatic rings. The summed E-state index contributed by atoms with van der Waals surface area (Å²) < 4.78 is 13.1. The number of hydrogen-bond donors (Lipinski definition) is 1. The largest absolute Gasteiger partial charge is 0.482 e. The molecule has 1 aromatic heterocycles. The van der Waals surface area contributed by atoms with E-state index in [4.69, 9.17) is 9.15 Å². The lowest BCUT2D eigenvalue weighted by molar-refractivity contribution is -0.123. The zero-order chi connectivity index (χ0) is 20.1. The molecule has 3 rings (SSSR count). The van der Waals surface area contributed by atoms with Gasteiger partial charge in [0.05, 0.1) is 10.7 Å². The number of ether oxygens (including phenoxy) is 1. The molecule has 0 aliphatic heterocycles.